The SMILES string of the molecule is COCCN(CC(=O)O)c1nc(C)ns1. The Morgan fingerprint density at radius 2 is 2.40 bits per heavy atom. The second-order valence-corrected chi connectivity index (χ2v) is 3.66. The first-order chi connectivity index (χ1) is 7.13. The molecule has 0 aromatic carbocycles. The highest BCUT2D eigenvalue weighted by Gasteiger charge is 2.14. The van der Waals surface area contributed by atoms with Crippen LogP contribution >= 0.6 is 11.5 Å². The Labute approximate surface area is 91.7 Å². The molecule has 0 spiro atoms. The second kappa shape index (κ2) is 5.62. The first-order valence-electron chi connectivity index (χ1n) is 4.39. The van der Waals surface area contributed by atoms with Crippen LogP contribution in [0.2, 0.25) is 0 Å². The van der Waals surface area contributed by atoms with Crippen molar-refractivity contribution in [3.8, 4) is 0 Å². The maximum Gasteiger partial charge on any atom is 0.323 e. The van der Waals surface area contributed by atoms with E-state index < -0.39 is 5.97 Å². The number of aryl methyl sites for hydroxylation is 1. The Kier molecular flexibility index (Phi) is 4.44. The van der Waals surface area contributed by atoms with E-state index in [1.165, 1.54) is 11.5 Å². The normalized spacial score (nSPS) is 10.3. The Morgan fingerprint density at radius 3 is 2.87 bits per heavy atom. The molecule has 1 rings (SSSR count). The summed E-state index contributed by atoms with van der Waals surface area (Å²) in [4.78, 5) is 16.4. The Balaban J connectivity index is 2.66. The van der Waals surface area contributed by atoms with Crippen molar-refractivity contribution in [2.75, 3.05) is 31.7 Å². The summed E-state index contributed by atoms with van der Waals surface area (Å²) in [5.41, 5.74) is 0. The highest BCUT2D eigenvalue weighted by Crippen LogP contribution is 2.16. The number of ether oxygens (including phenoxy) is 1. The maximum atomic E-state index is 10.6. The minimum absolute atomic E-state index is 0.0853. The number of methoxy groups -OCH3 is 1. The molecule has 0 atom stereocenters. The first kappa shape index (κ1) is 11.9. The Hall–Kier alpha value is -1.21. The van der Waals surface area contributed by atoms with Crippen molar-refractivity contribution in [3.63, 3.8) is 0 Å². The lowest BCUT2D eigenvalue weighted by Crippen LogP contribution is -2.32. The molecule has 0 saturated carbocycles. The van der Waals surface area contributed by atoms with Gasteiger partial charge in [0, 0.05) is 25.2 Å². The van der Waals surface area contributed by atoms with Crippen LogP contribution in [-0.4, -0.2) is 47.2 Å². The summed E-state index contributed by atoms with van der Waals surface area (Å²) < 4.78 is 8.91. The quantitative estimate of drug-likeness (QED) is 0.763. The molecule has 84 valence electrons. The molecule has 0 unspecified atom stereocenters. The van der Waals surface area contributed by atoms with Gasteiger partial charge >= 0.3 is 5.97 Å². The van der Waals surface area contributed by atoms with Gasteiger partial charge in [-0.3, -0.25) is 4.79 Å². The highest BCUT2D eigenvalue weighted by atomic mass is 32.1. The van der Waals surface area contributed by atoms with Crippen LogP contribution in [0.4, 0.5) is 5.13 Å². The van der Waals surface area contributed by atoms with Crippen molar-refractivity contribution >= 4 is 22.6 Å². The van der Waals surface area contributed by atoms with Gasteiger partial charge in [0.1, 0.15) is 12.4 Å². The largest absolute Gasteiger partial charge is 0.480 e. The van der Waals surface area contributed by atoms with Crippen LogP contribution in [0.3, 0.4) is 0 Å². The molecule has 1 aromatic heterocycles. The molecule has 0 aliphatic carbocycles. The molecule has 7 heteroatoms. The molecule has 0 fully saturated rings. The molecule has 0 bridgehead atoms. The van der Waals surface area contributed by atoms with E-state index in [4.69, 9.17) is 9.84 Å². The summed E-state index contributed by atoms with van der Waals surface area (Å²) in [7, 11) is 1.57. The molecule has 0 radical (unpaired) electrons. The lowest BCUT2D eigenvalue weighted by atomic mass is 10.5. The molecule has 15 heavy (non-hydrogen) atoms. The predicted octanol–water partition coefficient (Wildman–Crippen LogP) is 0.384. The maximum absolute atomic E-state index is 10.6. The number of rotatable bonds is 6. The van der Waals surface area contributed by atoms with Crippen LogP contribution in [0.5, 0.6) is 0 Å². The number of aliphatic carboxylic acids is 1. The van der Waals surface area contributed by atoms with Gasteiger partial charge in [-0.2, -0.15) is 4.37 Å². The van der Waals surface area contributed by atoms with E-state index in [1.807, 2.05) is 0 Å². The number of carboxylic acids is 1. The summed E-state index contributed by atoms with van der Waals surface area (Å²) in [6, 6.07) is 0. The van der Waals surface area contributed by atoms with E-state index in [2.05, 4.69) is 9.36 Å². The van der Waals surface area contributed by atoms with Crippen molar-refractivity contribution in [1.82, 2.24) is 9.36 Å². The summed E-state index contributed by atoms with van der Waals surface area (Å²) in [6.07, 6.45) is 0. The molecule has 0 aliphatic rings. The van der Waals surface area contributed by atoms with Crippen molar-refractivity contribution in [1.29, 1.82) is 0 Å². The fourth-order valence-electron chi connectivity index (χ4n) is 1.02. The molecule has 1 aromatic rings. The van der Waals surface area contributed by atoms with Gasteiger partial charge in [0.15, 0.2) is 0 Å². The van der Waals surface area contributed by atoms with Gasteiger partial charge < -0.3 is 14.7 Å². The van der Waals surface area contributed by atoms with Gasteiger partial charge in [-0.15, -0.1) is 0 Å². The fourth-order valence-corrected chi connectivity index (χ4v) is 1.72. The van der Waals surface area contributed by atoms with Gasteiger partial charge in [-0.05, 0) is 6.92 Å². The molecular formula is C8H13N3O3S. The minimum atomic E-state index is -0.890. The average molecular weight is 231 g/mol. The van der Waals surface area contributed by atoms with E-state index in [-0.39, 0.29) is 6.54 Å². The average Bonchev–Trinajstić information content (AvgIpc) is 2.58. The number of carboxylic acid groups (broad SMARTS) is 1. The fraction of sp³-hybridized carbons (Fsp3) is 0.625. The zero-order valence-corrected chi connectivity index (χ0v) is 9.45. The zero-order valence-electron chi connectivity index (χ0n) is 8.63. The van der Waals surface area contributed by atoms with E-state index in [0.717, 1.165) is 0 Å². The van der Waals surface area contributed by atoms with Crippen LogP contribution < -0.4 is 4.90 Å². The molecule has 6 nitrogen and oxygen atoms in total. The van der Waals surface area contributed by atoms with Gasteiger partial charge in [-0.25, -0.2) is 4.98 Å². The van der Waals surface area contributed by atoms with Crippen molar-refractivity contribution in [2.45, 2.75) is 6.92 Å². The van der Waals surface area contributed by atoms with E-state index in [9.17, 15) is 4.79 Å². The monoisotopic (exact) mass is 231 g/mol. The first-order valence-corrected chi connectivity index (χ1v) is 5.17. The van der Waals surface area contributed by atoms with Crippen LogP contribution in [0.15, 0.2) is 0 Å². The summed E-state index contributed by atoms with van der Waals surface area (Å²) in [5, 5.41) is 9.34. The zero-order chi connectivity index (χ0) is 11.3. The molecule has 1 heterocycles. The topological polar surface area (TPSA) is 75.5 Å². The van der Waals surface area contributed by atoms with Gasteiger partial charge in [0.05, 0.1) is 6.61 Å². The molecular weight excluding hydrogens is 218 g/mol. The number of anilines is 1. The van der Waals surface area contributed by atoms with Gasteiger partial charge in [0.25, 0.3) is 0 Å². The second-order valence-electron chi connectivity index (χ2n) is 2.93. The third-order valence-electron chi connectivity index (χ3n) is 1.68. The van der Waals surface area contributed by atoms with Crippen LogP contribution in [0.25, 0.3) is 0 Å². The lowest BCUT2D eigenvalue weighted by molar-refractivity contribution is -0.135. The summed E-state index contributed by atoms with van der Waals surface area (Å²) in [6.45, 7) is 2.65. The van der Waals surface area contributed by atoms with E-state index in [0.29, 0.717) is 24.1 Å². The lowest BCUT2D eigenvalue weighted by Gasteiger charge is -2.18. The third kappa shape index (κ3) is 3.80. The van der Waals surface area contributed by atoms with Crippen molar-refractivity contribution in [3.05, 3.63) is 5.82 Å². The van der Waals surface area contributed by atoms with Crippen LogP contribution in [0, 0.1) is 6.92 Å². The summed E-state index contributed by atoms with van der Waals surface area (Å²) >= 11 is 1.20. The Morgan fingerprint density at radius 1 is 1.67 bits per heavy atom. The standard InChI is InChI=1S/C8H13N3O3S/c1-6-9-8(15-10-6)11(3-4-14-2)5-7(12)13/h3-5H2,1-2H3,(H,12,13). The summed E-state index contributed by atoms with van der Waals surface area (Å²) in [5.74, 6) is -0.234. The number of nitrogens with zero attached hydrogens (tertiary/aromatic N) is 3. The van der Waals surface area contributed by atoms with Gasteiger partial charge in [-0.1, -0.05) is 0 Å². The van der Waals surface area contributed by atoms with E-state index in [1.54, 1.807) is 18.9 Å². The smallest absolute Gasteiger partial charge is 0.323 e. The molecule has 0 saturated heterocycles. The van der Waals surface area contributed by atoms with Crippen molar-refractivity contribution < 1.29 is 14.6 Å². The molecule has 1 N–H and O–H groups in total. The Bertz CT molecular complexity index is 329. The van der Waals surface area contributed by atoms with Crippen molar-refractivity contribution in [2.24, 2.45) is 0 Å². The molecule has 0 aliphatic heterocycles. The third-order valence-corrected chi connectivity index (χ3v) is 2.55. The minimum Gasteiger partial charge on any atom is -0.480 e. The van der Waals surface area contributed by atoms with Gasteiger partial charge in [0.2, 0.25) is 5.13 Å². The molecule has 0 amide bonds. The van der Waals surface area contributed by atoms with Crippen LogP contribution in [-0.2, 0) is 9.53 Å². The predicted molar refractivity (Wildman–Crippen MR) is 56.4 cm³/mol. The van der Waals surface area contributed by atoms with E-state index >= 15 is 0 Å². The number of aromatic nitrogens is 2. The number of hydrogen-bond donors (Lipinski definition) is 1. The van der Waals surface area contributed by atoms with Crippen LogP contribution in [0.1, 0.15) is 5.82 Å². The number of carbonyl (C=O) groups is 1. The number of hydrogen-bond acceptors (Lipinski definition) is 6. The highest BCUT2D eigenvalue weighted by molar-refractivity contribution is 7.09.